The minimum atomic E-state index is -0.726. The topological polar surface area (TPSA) is 57.2 Å². The minimum Gasteiger partial charge on any atom is -0.490 e. The van der Waals surface area contributed by atoms with Crippen molar-refractivity contribution in [2.45, 2.75) is 84.5 Å². The Morgan fingerprint density at radius 1 is 1.12 bits per heavy atom. The van der Waals surface area contributed by atoms with Gasteiger partial charge in [0.2, 0.25) is 0 Å². The van der Waals surface area contributed by atoms with Crippen LogP contribution >= 0.6 is 0 Å². The Morgan fingerprint density at radius 3 is 2.48 bits per heavy atom. The Hall–Kier alpha value is -2.73. The van der Waals surface area contributed by atoms with E-state index in [-0.39, 0.29) is 18.2 Å². The lowest BCUT2D eigenvalue weighted by atomic mass is 10.1. The van der Waals surface area contributed by atoms with E-state index < -0.39 is 11.3 Å². The lowest BCUT2D eigenvalue weighted by Crippen LogP contribution is -2.50. The molecule has 2 atom stereocenters. The van der Waals surface area contributed by atoms with Crippen LogP contribution in [0.15, 0.2) is 54.6 Å². The standard InChI is InChI=1S/C27H37NO5/c1-7-22(16-21-19-31-27(5,6)28(21)25(29)33-26(2,3)4)32-24-15-11-14-23(17-24)30-18-20-12-9-8-10-13-20/h8-15,17,21-22H,7,16,18-19H2,1-6H3. The van der Waals surface area contributed by atoms with Crippen molar-refractivity contribution in [1.82, 2.24) is 4.90 Å². The van der Waals surface area contributed by atoms with Gasteiger partial charge in [-0.15, -0.1) is 0 Å². The minimum absolute atomic E-state index is 0.0817. The number of carbonyl (C=O) groups excluding carboxylic acids is 1. The average Bonchev–Trinajstić information content (AvgIpc) is 3.05. The molecule has 0 spiro atoms. The maximum atomic E-state index is 12.9. The van der Waals surface area contributed by atoms with Gasteiger partial charge >= 0.3 is 6.09 Å². The van der Waals surface area contributed by atoms with Gasteiger partial charge in [-0.05, 0) is 58.7 Å². The van der Waals surface area contributed by atoms with Gasteiger partial charge in [-0.3, -0.25) is 4.90 Å². The van der Waals surface area contributed by atoms with E-state index in [9.17, 15) is 4.79 Å². The number of ether oxygens (including phenoxy) is 4. The summed E-state index contributed by atoms with van der Waals surface area (Å²) < 4.78 is 23.8. The molecule has 0 saturated carbocycles. The molecule has 2 aromatic carbocycles. The van der Waals surface area contributed by atoms with Gasteiger partial charge in [-0.25, -0.2) is 4.79 Å². The molecular weight excluding hydrogens is 418 g/mol. The Morgan fingerprint density at radius 2 is 1.82 bits per heavy atom. The van der Waals surface area contributed by atoms with E-state index in [1.54, 1.807) is 4.90 Å². The van der Waals surface area contributed by atoms with Crippen LogP contribution in [0.2, 0.25) is 0 Å². The largest absolute Gasteiger partial charge is 0.490 e. The number of nitrogens with zero attached hydrogens (tertiary/aromatic N) is 1. The molecule has 6 nitrogen and oxygen atoms in total. The molecule has 1 amide bonds. The highest BCUT2D eigenvalue weighted by atomic mass is 16.6. The first kappa shape index (κ1) is 24.9. The van der Waals surface area contributed by atoms with Gasteiger partial charge in [0.15, 0.2) is 0 Å². The first-order valence-corrected chi connectivity index (χ1v) is 11.7. The summed E-state index contributed by atoms with van der Waals surface area (Å²) in [5.41, 5.74) is -0.182. The second kappa shape index (κ2) is 10.5. The maximum absolute atomic E-state index is 12.9. The molecule has 1 saturated heterocycles. The quantitative estimate of drug-likeness (QED) is 0.475. The Balaban J connectivity index is 1.64. The fourth-order valence-corrected chi connectivity index (χ4v) is 3.91. The van der Waals surface area contributed by atoms with Gasteiger partial charge in [0.25, 0.3) is 0 Å². The van der Waals surface area contributed by atoms with Crippen molar-refractivity contribution in [3.8, 4) is 11.5 Å². The van der Waals surface area contributed by atoms with Crippen LogP contribution < -0.4 is 9.47 Å². The number of hydrogen-bond donors (Lipinski definition) is 0. The summed E-state index contributed by atoms with van der Waals surface area (Å²) in [6, 6.07) is 17.6. The van der Waals surface area contributed by atoms with Crippen LogP contribution in [0, 0.1) is 0 Å². The third-order valence-corrected chi connectivity index (χ3v) is 5.51. The van der Waals surface area contributed by atoms with Gasteiger partial charge in [0.1, 0.15) is 35.5 Å². The van der Waals surface area contributed by atoms with Crippen molar-refractivity contribution in [2.24, 2.45) is 0 Å². The van der Waals surface area contributed by atoms with Gasteiger partial charge in [0, 0.05) is 12.5 Å². The Kier molecular flexibility index (Phi) is 7.90. The van der Waals surface area contributed by atoms with Crippen LogP contribution in [0.1, 0.15) is 59.9 Å². The summed E-state index contributed by atoms with van der Waals surface area (Å²) in [5, 5.41) is 0. The van der Waals surface area contributed by atoms with Crippen molar-refractivity contribution in [1.29, 1.82) is 0 Å². The SMILES string of the molecule is CCC(CC1COC(C)(C)N1C(=O)OC(C)(C)C)Oc1cccc(OCc2ccccc2)c1. The molecule has 0 bridgehead atoms. The molecule has 33 heavy (non-hydrogen) atoms. The highest BCUT2D eigenvalue weighted by Crippen LogP contribution is 2.33. The smallest absolute Gasteiger partial charge is 0.412 e. The first-order chi connectivity index (χ1) is 15.6. The van der Waals surface area contributed by atoms with Crippen molar-refractivity contribution >= 4 is 6.09 Å². The normalized spacial score (nSPS) is 18.6. The van der Waals surface area contributed by atoms with E-state index in [0.717, 1.165) is 23.5 Å². The molecule has 1 aliphatic rings. The molecular formula is C27H37NO5. The molecule has 3 rings (SSSR count). The molecule has 6 heteroatoms. The second-order valence-electron chi connectivity index (χ2n) is 9.89. The number of hydrogen-bond acceptors (Lipinski definition) is 5. The number of carbonyl (C=O) groups is 1. The summed E-state index contributed by atoms with van der Waals surface area (Å²) in [4.78, 5) is 14.6. The number of benzene rings is 2. The van der Waals surface area contributed by atoms with Crippen LogP contribution in [0.4, 0.5) is 4.79 Å². The molecule has 1 aliphatic heterocycles. The maximum Gasteiger partial charge on any atom is 0.412 e. The molecule has 1 fully saturated rings. The highest BCUT2D eigenvalue weighted by molar-refractivity contribution is 5.69. The van der Waals surface area contributed by atoms with E-state index >= 15 is 0 Å². The molecule has 0 aliphatic carbocycles. The van der Waals surface area contributed by atoms with Crippen molar-refractivity contribution in [3.05, 3.63) is 60.2 Å². The van der Waals surface area contributed by atoms with Gasteiger partial charge < -0.3 is 18.9 Å². The van der Waals surface area contributed by atoms with Crippen molar-refractivity contribution < 1.29 is 23.7 Å². The van der Waals surface area contributed by atoms with Gasteiger partial charge in [-0.1, -0.05) is 43.3 Å². The summed E-state index contributed by atoms with van der Waals surface area (Å²) >= 11 is 0. The van der Waals surface area contributed by atoms with Crippen LogP contribution in [-0.4, -0.2) is 41.1 Å². The van der Waals surface area contributed by atoms with E-state index in [1.807, 2.05) is 89.2 Å². The fraction of sp³-hybridized carbons (Fsp3) is 0.519. The monoisotopic (exact) mass is 455 g/mol. The predicted octanol–water partition coefficient (Wildman–Crippen LogP) is 6.19. The van der Waals surface area contributed by atoms with E-state index in [4.69, 9.17) is 18.9 Å². The molecule has 0 radical (unpaired) electrons. The second-order valence-corrected chi connectivity index (χ2v) is 9.89. The van der Waals surface area contributed by atoms with Crippen molar-refractivity contribution in [3.63, 3.8) is 0 Å². The zero-order chi connectivity index (χ0) is 24.1. The summed E-state index contributed by atoms with van der Waals surface area (Å²) in [6.45, 7) is 12.4. The molecule has 2 unspecified atom stereocenters. The average molecular weight is 456 g/mol. The Bertz CT molecular complexity index is 906. The summed E-state index contributed by atoms with van der Waals surface area (Å²) in [5.74, 6) is 1.50. The Labute approximate surface area is 197 Å². The van der Waals surface area contributed by atoms with Crippen LogP contribution in [0.25, 0.3) is 0 Å². The van der Waals surface area contributed by atoms with Crippen LogP contribution in [-0.2, 0) is 16.1 Å². The number of rotatable bonds is 8. The third-order valence-electron chi connectivity index (χ3n) is 5.51. The molecule has 180 valence electrons. The predicted molar refractivity (Wildman–Crippen MR) is 128 cm³/mol. The summed E-state index contributed by atoms with van der Waals surface area (Å²) in [6.07, 6.45) is 1.01. The molecule has 0 N–H and O–H groups in total. The van der Waals surface area contributed by atoms with Gasteiger partial charge in [0.05, 0.1) is 12.6 Å². The lowest BCUT2D eigenvalue weighted by Gasteiger charge is -2.36. The van der Waals surface area contributed by atoms with Gasteiger partial charge in [-0.2, -0.15) is 0 Å². The van der Waals surface area contributed by atoms with E-state index in [0.29, 0.717) is 19.6 Å². The zero-order valence-corrected chi connectivity index (χ0v) is 20.7. The van der Waals surface area contributed by atoms with Crippen LogP contribution in [0.5, 0.6) is 11.5 Å². The van der Waals surface area contributed by atoms with Crippen LogP contribution in [0.3, 0.4) is 0 Å². The highest BCUT2D eigenvalue weighted by Gasteiger charge is 2.46. The van der Waals surface area contributed by atoms with Crippen molar-refractivity contribution in [2.75, 3.05) is 6.61 Å². The first-order valence-electron chi connectivity index (χ1n) is 11.7. The number of amides is 1. The third kappa shape index (κ3) is 7.13. The lowest BCUT2D eigenvalue weighted by molar-refractivity contribution is -0.0635. The zero-order valence-electron chi connectivity index (χ0n) is 20.7. The fourth-order valence-electron chi connectivity index (χ4n) is 3.91. The van der Waals surface area contributed by atoms with E-state index in [1.165, 1.54) is 0 Å². The molecule has 2 aromatic rings. The molecule has 1 heterocycles. The van der Waals surface area contributed by atoms with E-state index in [2.05, 4.69) is 6.92 Å². The summed E-state index contributed by atoms with van der Waals surface area (Å²) in [7, 11) is 0. The molecule has 0 aromatic heterocycles.